The van der Waals surface area contributed by atoms with Crippen molar-refractivity contribution in [1.29, 1.82) is 0 Å². The van der Waals surface area contributed by atoms with E-state index in [0.29, 0.717) is 25.8 Å². The van der Waals surface area contributed by atoms with E-state index >= 15 is 0 Å². The average molecular weight is 606 g/mol. The van der Waals surface area contributed by atoms with Gasteiger partial charge in [-0.05, 0) is 41.5 Å². The number of carbonyl (C=O) groups excluding carboxylic acids is 3. The van der Waals surface area contributed by atoms with E-state index in [1.54, 1.807) is 4.90 Å². The molecule has 0 unspecified atom stereocenters. The first-order valence-electron chi connectivity index (χ1n) is 15.4. The topological polar surface area (TPSA) is 108 Å². The molecule has 0 radical (unpaired) electrons. The van der Waals surface area contributed by atoms with Crippen molar-refractivity contribution in [2.24, 2.45) is 0 Å². The number of rotatable bonds is 12. The van der Waals surface area contributed by atoms with Crippen LogP contribution in [0.25, 0.3) is 0 Å². The molecule has 3 atom stereocenters. The zero-order valence-electron chi connectivity index (χ0n) is 25.1. The summed E-state index contributed by atoms with van der Waals surface area (Å²) in [6.45, 7) is 0.184. The number of ether oxygens (including phenoxy) is 1. The smallest absolute Gasteiger partial charge is 0.408 e. The highest BCUT2D eigenvalue weighted by Crippen LogP contribution is 2.31. The van der Waals surface area contributed by atoms with Crippen LogP contribution in [0, 0.1) is 0 Å². The molecule has 5 rings (SSSR count). The van der Waals surface area contributed by atoms with Gasteiger partial charge < -0.3 is 25.4 Å². The maximum Gasteiger partial charge on any atom is 0.408 e. The molecule has 1 aliphatic heterocycles. The SMILES string of the molecule is O=C(N[C@@H](C(=O)N1CCC[C@H]1C(=O)N[C@H](CO)Cc1ccccc1)C(c1ccccc1)c1ccccc1)OCc1ccccc1. The number of carbonyl (C=O) groups is 3. The van der Waals surface area contributed by atoms with E-state index in [1.807, 2.05) is 121 Å². The molecule has 1 heterocycles. The molecule has 1 saturated heterocycles. The monoisotopic (exact) mass is 605 g/mol. The third-order valence-electron chi connectivity index (χ3n) is 8.13. The molecule has 0 bridgehead atoms. The second-order valence-electron chi connectivity index (χ2n) is 11.3. The predicted molar refractivity (Wildman–Crippen MR) is 172 cm³/mol. The standard InChI is InChI=1S/C37H39N3O5/c41-25-31(24-27-14-5-1-6-15-27)38-35(42)32-22-13-23-40(32)36(43)34(39-37(44)45-26-28-16-7-2-8-17-28)33(29-18-9-3-10-19-29)30-20-11-4-12-21-30/h1-12,14-21,31-34,41H,13,22-26H2,(H,38,42)(H,39,44)/t31-,32-,34+/m0/s1. The second kappa shape index (κ2) is 15.7. The quantitative estimate of drug-likeness (QED) is 0.215. The average Bonchev–Trinajstić information content (AvgIpc) is 3.59. The van der Waals surface area contributed by atoms with Crippen molar-refractivity contribution in [3.05, 3.63) is 144 Å². The molecular formula is C37H39N3O5. The Balaban J connectivity index is 1.40. The number of hydrogen-bond donors (Lipinski definition) is 3. The summed E-state index contributed by atoms with van der Waals surface area (Å²) in [7, 11) is 0. The van der Waals surface area contributed by atoms with Gasteiger partial charge in [-0.1, -0.05) is 121 Å². The number of nitrogens with one attached hydrogen (secondary N) is 2. The van der Waals surface area contributed by atoms with E-state index < -0.39 is 30.1 Å². The summed E-state index contributed by atoms with van der Waals surface area (Å²) in [5.41, 5.74) is 3.49. The molecule has 4 aromatic carbocycles. The lowest BCUT2D eigenvalue weighted by molar-refractivity contribution is -0.140. The van der Waals surface area contributed by atoms with E-state index in [2.05, 4.69) is 10.6 Å². The maximum atomic E-state index is 14.5. The summed E-state index contributed by atoms with van der Waals surface area (Å²) in [5.74, 6) is -1.24. The third kappa shape index (κ3) is 8.37. The highest BCUT2D eigenvalue weighted by molar-refractivity contribution is 5.93. The van der Waals surface area contributed by atoms with E-state index in [4.69, 9.17) is 4.74 Å². The zero-order valence-corrected chi connectivity index (χ0v) is 25.1. The number of hydrogen-bond acceptors (Lipinski definition) is 5. The molecule has 3 amide bonds. The molecule has 1 aliphatic rings. The van der Waals surface area contributed by atoms with Crippen molar-refractivity contribution in [3.63, 3.8) is 0 Å². The van der Waals surface area contributed by atoms with Gasteiger partial charge in [-0.3, -0.25) is 9.59 Å². The van der Waals surface area contributed by atoms with Crippen molar-refractivity contribution >= 4 is 17.9 Å². The summed E-state index contributed by atoms with van der Waals surface area (Å²) in [5, 5.41) is 15.9. The van der Waals surface area contributed by atoms with Gasteiger partial charge >= 0.3 is 6.09 Å². The molecule has 0 aromatic heterocycles. The van der Waals surface area contributed by atoms with Crippen LogP contribution in [-0.2, 0) is 27.4 Å². The number of aliphatic hydroxyl groups is 1. The molecule has 0 spiro atoms. The first kappa shape index (κ1) is 31.5. The fourth-order valence-electron chi connectivity index (χ4n) is 5.92. The number of nitrogens with zero attached hydrogens (tertiary/aromatic N) is 1. The first-order valence-corrected chi connectivity index (χ1v) is 15.4. The summed E-state index contributed by atoms with van der Waals surface area (Å²) in [6, 6.07) is 35.8. The van der Waals surface area contributed by atoms with Gasteiger partial charge in [-0.25, -0.2) is 4.79 Å². The normalized spacial score (nSPS) is 15.7. The van der Waals surface area contributed by atoms with Gasteiger partial charge in [-0.2, -0.15) is 0 Å². The molecule has 1 fully saturated rings. The summed E-state index contributed by atoms with van der Waals surface area (Å²) in [4.78, 5) is 43.0. The number of benzene rings is 4. The van der Waals surface area contributed by atoms with E-state index in [-0.39, 0.29) is 25.0 Å². The lowest BCUT2D eigenvalue weighted by Crippen LogP contribution is -2.56. The minimum atomic E-state index is -1.05. The van der Waals surface area contributed by atoms with E-state index in [9.17, 15) is 19.5 Å². The Bertz CT molecular complexity index is 1480. The van der Waals surface area contributed by atoms with Gasteiger partial charge in [0.1, 0.15) is 18.7 Å². The van der Waals surface area contributed by atoms with E-state index in [0.717, 1.165) is 22.3 Å². The van der Waals surface area contributed by atoms with Crippen molar-refractivity contribution in [3.8, 4) is 0 Å². The van der Waals surface area contributed by atoms with Crippen molar-refractivity contribution < 1.29 is 24.2 Å². The number of aliphatic hydroxyl groups excluding tert-OH is 1. The highest BCUT2D eigenvalue weighted by Gasteiger charge is 2.42. The molecule has 4 aromatic rings. The Morgan fingerprint density at radius 3 is 1.84 bits per heavy atom. The lowest BCUT2D eigenvalue weighted by Gasteiger charge is -2.33. The molecule has 0 saturated carbocycles. The van der Waals surface area contributed by atoms with Crippen LogP contribution in [0.5, 0.6) is 0 Å². The Hall–Kier alpha value is -4.95. The second-order valence-corrected chi connectivity index (χ2v) is 11.3. The summed E-state index contributed by atoms with van der Waals surface area (Å²) >= 11 is 0. The molecule has 0 aliphatic carbocycles. The fraction of sp³-hybridized carbons (Fsp3) is 0.270. The van der Waals surface area contributed by atoms with Gasteiger partial charge in [0.15, 0.2) is 0 Å². The molecule has 8 heteroatoms. The van der Waals surface area contributed by atoms with Crippen LogP contribution in [0.2, 0.25) is 0 Å². The number of alkyl carbamates (subject to hydrolysis) is 1. The fourth-order valence-corrected chi connectivity index (χ4v) is 5.92. The Labute approximate surface area is 264 Å². The zero-order chi connectivity index (χ0) is 31.4. The van der Waals surface area contributed by atoms with Gasteiger partial charge in [0, 0.05) is 12.5 Å². The Morgan fingerprint density at radius 1 is 0.756 bits per heavy atom. The molecule has 45 heavy (non-hydrogen) atoms. The number of likely N-dealkylation sites (tertiary alicyclic amines) is 1. The van der Waals surface area contributed by atoms with Gasteiger partial charge in [0.25, 0.3) is 0 Å². The number of amides is 3. The Kier molecular flexibility index (Phi) is 11.0. The van der Waals surface area contributed by atoms with Crippen LogP contribution >= 0.6 is 0 Å². The maximum absolute atomic E-state index is 14.5. The van der Waals surface area contributed by atoms with Gasteiger partial charge in [0.05, 0.1) is 12.6 Å². The molecule has 232 valence electrons. The molecule has 8 nitrogen and oxygen atoms in total. The van der Waals surface area contributed by atoms with Crippen LogP contribution < -0.4 is 10.6 Å². The summed E-state index contributed by atoms with van der Waals surface area (Å²) < 4.78 is 5.56. The minimum Gasteiger partial charge on any atom is -0.445 e. The van der Waals surface area contributed by atoms with E-state index in [1.165, 1.54) is 0 Å². The van der Waals surface area contributed by atoms with Crippen molar-refractivity contribution in [1.82, 2.24) is 15.5 Å². The first-order chi connectivity index (χ1) is 22.0. The van der Waals surface area contributed by atoms with Crippen molar-refractivity contribution in [2.45, 2.75) is 49.9 Å². The molecule has 3 N–H and O–H groups in total. The van der Waals surface area contributed by atoms with Crippen LogP contribution in [0.3, 0.4) is 0 Å². The summed E-state index contributed by atoms with van der Waals surface area (Å²) in [6.07, 6.45) is 0.856. The minimum absolute atomic E-state index is 0.0492. The van der Waals surface area contributed by atoms with Crippen LogP contribution in [0.1, 0.15) is 41.0 Å². The van der Waals surface area contributed by atoms with Crippen LogP contribution in [0.4, 0.5) is 4.79 Å². The van der Waals surface area contributed by atoms with Gasteiger partial charge in [-0.15, -0.1) is 0 Å². The van der Waals surface area contributed by atoms with Crippen LogP contribution in [-0.4, -0.2) is 59.2 Å². The third-order valence-corrected chi connectivity index (χ3v) is 8.13. The van der Waals surface area contributed by atoms with Crippen molar-refractivity contribution in [2.75, 3.05) is 13.2 Å². The Morgan fingerprint density at radius 2 is 1.29 bits per heavy atom. The van der Waals surface area contributed by atoms with Gasteiger partial charge in [0.2, 0.25) is 11.8 Å². The lowest BCUT2D eigenvalue weighted by atomic mass is 9.84. The molecular weight excluding hydrogens is 566 g/mol. The largest absolute Gasteiger partial charge is 0.445 e. The van der Waals surface area contributed by atoms with Crippen LogP contribution in [0.15, 0.2) is 121 Å². The predicted octanol–water partition coefficient (Wildman–Crippen LogP) is 4.82. The highest BCUT2D eigenvalue weighted by atomic mass is 16.5.